The van der Waals surface area contributed by atoms with E-state index < -0.39 is 0 Å². The first kappa shape index (κ1) is 14.5. The molecule has 1 aromatic heterocycles. The summed E-state index contributed by atoms with van der Waals surface area (Å²) in [6.07, 6.45) is 0. The number of hydrogen-bond donors (Lipinski definition) is 0. The Morgan fingerprint density at radius 2 is 2.16 bits per heavy atom. The van der Waals surface area contributed by atoms with Crippen LogP contribution in [-0.2, 0) is 19.0 Å². The van der Waals surface area contributed by atoms with E-state index >= 15 is 0 Å². The summed E-state index contributed by atoms with van der Waals surface area (Å²) < 4.78 is 22.0. The van der Waals surface area contributed by atoms with Gasteiger partial charge < -0.3 is 4.74 Å². The topological polar surface area (TPSA) is 27.1 Å². The zero-order valence-electron chi connectivity index (χ0n) is 10.6. The molecule has 0 N–H and O–H groups in total. The number of benzene rings is 1. The van der Waals surface area contributed by atoms with Crippen LogP contribution in [0.4, 0.5) is 4.39 Å². The van der Waals surface area contributed by atoms with Crippen LogP contribution in [0.15, 0.2) is 22.7 Å². The molecular weight excluding hydrogens is 379 g/mol. The molecule has 3 nitrogen and oxygen atoms in total. The lowest BCUT2D eigenvalue weighted by molar-refractivity contribution is 0.277. The van der Waals surface area contributed by atoms with Crippen molar-refractivity contribution in [3.05, 3.63) is 45.4 Å². The van der Waals surface area contributed by atoms with Gasteiger partial charge in [0.2, 0.25) is 0 Å². The maximum absolute atomic E-state index is 13.8. The SMILES string of the molecule is Cc1nn(C)c(COc2c(F)cccc2CBr)c1Br. The summed E-state index contributed by atoms with van der Waals surface area (Å²) in [6, 6.07) is 4.89. The Kier molecular flexibility index (Phi) is 4.62. The van der Waals surface area contributed by atoms with E-state index in [-0.39, 0.29) is 18.2 Å². The van der Waals surface area contributed by atoms with E-state index in [4.69, 9.17) is 4.74 Å². The molecule has 0 unspecified atom stereocenters. The van der Waals surface area contributed by atoms with Gasteiger partial charge in [0.1, 0.15) is 6.61 Å². The molecule has 0 amide bonds. The smallest absolute Gasteiger partial charge is 0.165 e. The molecular formula is C13H13Br2FN2O. The molecule has 0 bridgehead atoms. The van der Waals surface area contributed by atoms with Crippen LogP contribution >= 0.6 is 31.9 Å². The number of ether oxygens (including phenoxy) is 1. The summed E-state index contributed by atoms with van der Waals surface area (Å²) in [7, 11) is 1.84. The molecule has 0 atom stereocenters. The average Bonchev–Trinajstić information content (AvgIpc) is 2.62. The quantitative estimate of drug-likeness (QED) is 0.733. The van der Waals surface area contributed by atoms with E-state index in [0.29, 0.717) is 5.33 Å². The zero-order valence-corrected chi connectivity index (χ0v) is 13.8. The second kappa shape index (κ2) is 6.05. The van der Waals surface area contributed by atoms with Crippen LogP contribution in [-0.4, -0.2) is 9.78 Å². The van der Waals surface area contributed by atoms with Gasteiger partial charge in [-0.25, -0.2) is 4.39 Å². The minimum atomic E-state index is -0.355. The van der Waals surface area contributed by atoms with Gasteiger partial charge in [-0.2, -0.15) is 5.10 Å². The normalized spacial score (nSPS) is 10.8. The molecule has 0 spiro atoms. The fourth-order valence-electron chi connectivity index (χ4n) is 1.80. The number of hydrogen-bond acceptors (Lipinski definition) is 2. The molecule has 1 heterocycles. The van der Waals surface area contributed by atoms with Crippen LogP contribution in [0, 0.1) is 12.7 Å². The van der Waals surface area contributed by atoms with Gasteiger partial charge in [-0.1, -0.05) is 28.1 Å². The Labute approximate surface area is 128 Å². The van der Waals surface area contributed by atoms with Gasteiger partial charge in [-0.15, -0.1) is 0 Å². The molecule has 0 radical (unpaired) electrons. The third kappa shape index (κ3) is 3.00. The van der Waals surface area contributed by atoms with Crippen LogP contribution in [0.3, 0.4) is 0 Å². The average molecular weight is 392 g/mol. The van der Waals surface area contributed by atoms with E-state index in [1.807, 2.05) is 20.0 Å². The van der Waals surface area contributed by atoms with E-state index in [9.17, 15) is 4.39 Å². The summed E-state index contributed by atoms with van der Waals surface area (Å²) in [5.41, 5.74) is 2.55. The Bertz CT molecular complexity index is 599. The number of rotatable bonds is 4. The Hall–Kier alpha value is -0.880. The predicted octanol–water partition coefficient (Wildman–Crippen LogP) is 4.10. The van der Waals surface area contributed by atoms with E-state index in [1.54, 1.807) is 10.7 Å². The molecule has 0 aliphatic carbocycles. The van der Waals surface area contributed by atoms with E-state index in [0.717, 1.165) is 21.4 Å². The lowest BCUT2D eigenvalue weighted by Gasteiger charge is -2.11. The highest BCUT2D eigenvalue weighted by molar-refractivity contribution is 9.10. The first-order valence-corrected chi connectivity index (χ1v) is 7.60. The van der Waals surface area contributed by atoms with Crippen molar-refractivity contribution in [3.8, 4) is 5.75 Å². The Morgan fingerprint density at radius 1 is 1.42 bits per heavy atom. The predicted molar refractivity (Wildman–Crippen MR) is 79.0 cm³/mol. The van der Waals surface area contributed by atoms with Crippen LogP contribution in [0.25, 0.3) is 0 Å². The highest BCUT2D eigenvalue weighted by Gasteiger charge is 2.14. The first-order chi connectivity index (χ1) is 9.04. The number of aromatic nitrogens is 2. The van der Waals surface area contributed by atoms with Gasteiger partial charge in [-0.3, -0.25) is 4.68 Å². The molecule has 2 rings (SSSR count). The van der Waals surface area contributed by atoms with E-state index in [1.165, 1.54) is 6.07 Å². The van der Waals surface area contributed by atoms with Crippen molar-refractivity contribution < 1.29 is 9.13 Å². The number of alkyl halides is 1. The fraction of sp³-hybridized carbons (Fsp3) is 0.308. The minimum absolute atomic E-state index is 0.263. The highest BCUT2D eigenvalue weighted by atomic mass is 79.9. The van der Waals surface area contributed by atoms with Crippen molar-refractivity contribution in [1.82, 2.24) is 9.78 Å². The van der Waals surface area contributed by atoms with Gasteiger partial charge in [0.15, 0.2) is 11.6 Å². The standard InChI is InChI=1S/C13H13Br2FN2O/c1-8-12(15)11(18(2)17-8)7-19-13-9(6-14)4-3-5-10(13)16/h3-5H,6-7H2,1-2H3. The van der Waals surface area contributed by atoms with Crippen LogP contribution in [0.1, 0.15) is 17.0 Å². The molecule has 0 aliphatic rings. The molecule has 0 fully saturated rings. The van der Waals surface area contributed by atoms with Crippen molar-refractivity contribution in [1.29, 1.82) is 0 Å². The number of halogens is 3. The summed E-state index contributed by atoms with van der Waals surface area (Å²) in [4.78, 5) is 0. The molecule has 19 heavy (non-hydrogen) atoms. The lowest BCUT2D eigenvalue weighted by atomic mass is 10.2. The second-order valence-electron chi connectivity index (χ2n) is 4.12. The highest BCUT2D eigenvalue weighted by Crippen LogP contribution is 2.27. The van der Waals surface area contributed by atoms with Crippen molar-refractivity contribution >= 4 is 31.9 Å². The molecule has 0 saturated heterocycles. The monoisotopic (exact) mass is 390 g/mol. The molecule has 2 aromatic rings. The maximum Gasteiger partial charge on any atom is 0.165 e. The Morgan fingerprint density at radius 3 is 2.74 bits per heavy atom. The van der Waals surface area contributed by atoms with Gasteiger partial charge in [0.25, 0.3) is 0 Å². The number of nitrogens with zero attached hydrogens (tertiary/aromatic N) is 2. The maximum atomic E-state index is 13.8. The van der Waals surface area contributed by atoms with Crippen LogP contribution in [0.5, 0.6) is 5.75 Å². The van der Waals surface area contributed by atoms with Crippen LogP contribution in [0.2, 0.25) is 0 Å². The molecule has 0 aliphatic heterocycles. The van der Waals surface area contributed by atoms with Gasteiger partial charge in [0, 0.05) is 17.9 Å². The van der Waals surface area contributed by atoms with Crippen LogP contribution < -0.4 is 4.74 Å². The van der Waals surface area contributed by atoms with Crippen molar-refractivity contribution in [3.63, 3.8) is 0 Å². The van der Waals surface area contributed by atoms with Crippen molar-refractivity contribution in [2.75, 3.05) is 0 Å². The second-order valence-corrected chi connectivity index (χ2v) is 5.47. The first-order valence-electron chi connectivity index (χ1n) is 5.68. The third-order valence-corrected chi connectivity index (χ3v) is 4.44. The van der Waals surface area contributed by atoms with Crippen molar-refractivity contribution in [2.45, 2.75) is 18.9 Å². The zero-order chi connectivity index (χ0) is 14.0. The summed E-state index contributed by atoms with van der Waals surface area (Å²) in [6.45, 7) is 2.17. The molecule has 6 heteroatoms. The summed E-state index contributed by atoms with van der Waals surface area (Å²) >= 11 is 6.79. The third-order valence-electron chi connectivity index (χ3n) is 2.81. The van der Waals surface area contributed by atoms with E-state index in [2.05, 4.69) is 37.0 Å². The van der Waals surface area contributed by atoms with Gasteiger partial charge in [-0.05, 0) is 28.9 Å². The van der Waals surface area contributed by atoms with Gasteiger partial charge >= 0.3 is 0 Å². The minimum Gasteiger partial charge on any atom is -0.484 e. The largest absolute Gasteiger partial charge is 0.484 e. The van der Waals surface area contributed by atoms with Crippen molar-refractivity contribution in [2.24, 2.45) is 7.05 Å². The fourth-order valence-corrected chi connectivity index (χ4v) is 2.69. The molecule has 102 valence electrons. The molecule has 0 saturated carbocycles. The molecule has 1 aromatic carbocycles. The number of para-hydroxylation sites is 1. The summed E-state index contributed by atoms with van der Waals surface area (Å²) in [5, 5.41) is 4.82. The number of aryl methyl sites for hydroxylation is 2. The summed E-state index contributed by atoms with van der Waals surface area (Å²) in [5.74, 6) is -0.0721. The lowest BCUT2D eigenvalue weighted by Crippen LogP contribution is -2.05. The Balaban J connectivity index is 2.24. The van der Waals surface area contributed by atoms with Gasteiger partial charge in [0.05, 0.1) is 15.9 Å².